The predicted octanol–water partition coefficient (Wildman–Crippen LogP) is 22.5. The number of unbranched alkanes of at least 4 members (excludes halogenated alkanes) is 56. The number of rotatable bonds is 74. The molecule has 1 aliphatic rings. The molecule has 0 bridgehead atoms. The van der Waals surface area contributed by atoms with Crippen molar-refractivity contribution in [1.29, 1.82) is 0 Å². The third-order valence-corrected chi connectivity index (χ3v) is 19.7. The molecule has 11 heteroatoms. The molecular weight excluding hydrogens is 1170 g/mol. The Morgan fingerprint density at radius 2 is 0.681 bits per heavy atom. The quantitative estimate of drug-likeness (QED) is 0.0195. The van der Waals surface area contributed by atoms with Crippen LogP contribution >= 0.6 is 0 Å². The fourth-order valence-electron chi connectivity index (χ4n) is 13.3. The number of esters is 1. The Morgan fingerprint density at radius 1 is 0.383 bits per heavy atom. The first-order valence-electron chi connectivity index (χ1n) is 41.3. The van der Waals surface area contributed by atoms with Crippen LogP contribution in [0, 0.1) is 0 Å². The second kappa shape index (κ2) is 72.1. The number of carbonyl (C=O) groups excluding carboxylic acids is 2. The third-order valence-electron chi connectivity index (χ3n) is 19.7. The highest BCUT2D eigenvalue weighted by atomic mass is 16.7. The number of nitrogens with one attached hydrogen (secondary N) is 1. The summed E-state index contributed by atoms with van der Waals surface area (Å²) in [7, 11) is 0. The van der Waals surface area contributed by atoms with E-state index in [1.54, 1.807) is 6.08 Å². The first-order valence-corrected chi connectivity index (χ1v) is 41.3. The lowest BCUT2D eigenvalue weighted by Crippen LogP contribution is -2.60. The molecule has 0 aromatic carbocycles. The molecule has 1 fully saturated rings. The van der Waals surface area contributed by atoms with Crippen LogP contribution in [-0.4, -0.2) is 100 Å². The predicted molar refractivity (Wildman–Crippen MR) is 398 cm³/mol. The largest absolute Gasteiger partial charge is 0.466 e. The maximum atomic E-state index is 13.1. The van der Waals surface area contributed by atoms with E-state index in [-0.39, 0.29) is 18.5 Å². The Bertz CT molecular complexity index is 1660. The van der Waals surface area contributed by atoms with Crippen LogP contribution in [0.5, 0.6) is 0 Å². The molecule has 554 valence electrons. The molecule has 0 aromatic rings. The maximum Gasteiger partial charge on any atom is 0.305 e. The average Bonchev–Trinajstić information content (AvgIpc) is 0.856. The lowest BCUT2D eigenvalue weighted by atomic mass is 9.99. The normalized spacial score (nSPS) is 17.5. The van der Waals surface area contributed by atoms with Gasteiger partial charge in [0.15, 0.2) is 6.29 Å². The molecule has 1 heterocycles. The zero-order chi connectivity index (χ0) is 67.9. The van der Waals surface area contributed by atoms with Crippen molar-refractivity contribution < 1.29 is 49.3 Å². The Morgan fingerprint density at radius 3 is 1.02 bits per heavy atom. The van der Waals surface area contributed by atoms with Crippen LogP contribution in [0.15, 0.2) is 36.5 Å². The van der Waals surface area contributed by atoms with Gasteiger partial charge in [-0.1, -0.05) is 359 Å². The summed E-state index contributed by atoms with van der Waals surface area (Å²) in [6.07, 6.45) is 84.8. The van der Waals surface area contributed by atoms with Gasteiger partial charge in [-0.05, 0) is 83.5 Å². The Labute approximate surface area is 581 Å². The highest BCUT2D eigenvalue weighted by Gasteiger charge is 2.44. The molecule has 7 atom stereocenters. The molecule has 1 amide bonds. The van der Waals surface area contributed by atoms with E-state index >= 15 is 0 Å². The van der Waals surface area contributed by atoms with Crippen LogP contribution in [0.4, 0.5) is 0 Å². The van der Waals surface area contributed by atoms with Crippen molar-refractivity contribution in [2.24, 2.45) is 0 Å². The van der Waals surface area contributed by atoms with E-state index in [0.717, 1.165) is 57.8 Å². The minimum Gasteiger partial charge on any atom is -0.466 e. The maximum absolute atomic E-state index is 13.1. The van der Waals surface area contributed by atoms with Crippen molar-refractivity contribution in [2.45, 2.75) is 461 Å². The second-order valence-corrected chi connectivity index (χ2v) is 28.8. The van der Waals surface area contributed by atoms with Gasteiger partial charge in [0.25, 0.3) is 0 Å². The van der Waals surface area contributed by atoms with Crippen LogP contribution < -0.4 is 5.32 Å². The molecule has 7 unspecified atom stereocenters. The Hall–Kier alpha value is -2.12. The van der Waals surface area contributed by atoms with E-state index in [9.17, 15) is 35.1 Å². The van der Waals surface area contributed by atoms with Gasteiger partial charge in [-0.25, -0.2) is 0 Å². The molecular formula is C83H157NO10. The lowest BCUT2D eigenvalue weighted by Gasteiger charge is -2.40. The Balaban J connectivity index is 1.87. The van der Waals surface area contributed by atoms with Gasteiger partial charge < -0.3 is 45.1 Å². The standard InChI is InChI=1S/C83H157NO10/c1-3-5-7-9-11-13-15-17-43-47-51-55-59-63-67-71-79(88)92-72-68-64-60-56-52-48-45-42-40-38-36-34-32-30-28-26-24-22-20-18-19-21-23-25-27-29-31-33-35-37-39-41-44-46-50-54-58-62-66-70-78(87)84-75(74-93-83-82(91)81(90)80(89)77(73-85)94-83)76(86)69-65-61-57-53-49-16-14-12-10-8-6-4-2/h17-19,43,65,69,75-77,80-83,85-86,89-91H,3-16,20-42,44-64,66-68,70-74H2,1-2H3,(H,84,87)/b19-18-,43-17-,69-65+. The molecule has 1 rings (SSSR count). The zero-order valence-electron chi connectivity index (χ0n) is 62.0. The summed E-state index contributed by atoms with van der Waals surface area (Å²) in [6, 6.07) is -0.806. The second-order valence-electron chi connectivity index (χ2n) is 28.8. The molecule has 0 aromatic heterocycles. The average molecular weight is 1330 g/mol. The van der Waals surface area contributed by atoms with Gasteiger partial charge in [0.1, 0.15) is 24.4 Å². The number of carbonyl (C=O) groups is 2. The van der Waals surface area contributed by atoms with E-state index in [2.05, 4.69) is 43.5 Å². The molecule has 0 saturated carbocycles. The molecule has 1 aliphatic heterocycles. The van der Waals surface area contributed by atoms with Gasteiger partial charge in [-0.3, -0.25) is 9.59 Å². The topological polar surface area (TPSA) is 175 Å². The van der Waals surface area contributed by atoms with Crippen molar-refractivity contribution in [1.82, 2.24) is 5.32 Å². The van der Waals surface area contributed by atoms with E-state index in [4.69, 9.17) is 14.2 Å². The van der Waals surface area contributed by atoms with Crippen LogP contribution in [0.25, 0.3) is 0 Å². The van der Waals surface area contributed by atoms with Gasteiger partial charge in [0.05, 0.1) is 32.0 Å². The van der Waals surface area contributed by atoms with E-state index in [1.165, 1.54) is 334 Å². The van der Waals surface area contributed by atoms with Gasteiger partial charge in [0, 0.05) is 12.8 Å². The number of aliphatic hydroxyl groups excluding tert-OH is 5. The molecule has 94 heavy (non-hydrogen) atoms. The number of amides is 1. The summed E-state index contributed by atoms with van der Waals surface area (Å²) in [5.41, 5.74) is 0. The zero-order valence-corrected chi connectivity index (χ0v) is 62.0. The molecule has 1 saturated heterocycles. The number of hydrogen-bond acceptors (Lipinski definition) is 10. The summed E-state index contributed by atoms with van der Waals surface area (Å²) < 4.78 is 16.8. The van der Waals surface area contributed by atoms with Gasteiger partial charge in [-0.2, -0.15) is 0 Å². The van der Waals surface area contributed by atoms with Crippen LogP contribution in [0.1, 0.15) is 418 Å². The van der Waals surface area contributed by atoms with Crippen LogP contribution in [-0.2, 0) is 23.8 Å². The monoisotopic (exact) mass is 1330 g/mol. The minimum absolute atomic E-state index is 0.00947. The Kier molecular flexibility index (Phi) is 69.0. The van der Waals surface area contributed by atoms with Gasteiger partial charge >= 0.3 is 5.97 Å². The summed E-state index contributed by atoms with van der Waals surface area (Å²) in [5, 5.41) is 54.5. The van der Waals surface area contributed by atoms with Crippen LogP contribution in [0.2, 0.25) is 0 Å². The summed E-state index contributed by atoms with van der Waals surface area (Å²) >= 11 is 0. The minimum atomic E-state index is -1.57. The van der Waals surface area contributed by atoms with Crippen molar-refractivity contribution in [3.63, 3.8) is 0 Å². The van der Waals surface area contributed by atoms with Gasteiger partial charge in [0.2, 0.25) is 5.91 Å². The van der Waals surface area contributed by atoms with Crippen molar-refractivity contribution in [3.8, 4) is 0 Å². The molecule has 11 nitrogen and oxygen atoms in total. The van der Waals surface area contributed by atoms with Crippen molar-refractivity contribution >= 4 is 11.9 Å². The fourth-order valence-corrected chi connectivity index (χ4v) is 13.3. The highest BCUT2D eigenvalue weighted by Crippen LogP contribution is 2.24. The van der Waals surface area contributed by atoms with Crippen LogP contribution in [0.3, 0.4) is 0 Å². The van der Waals surface area contributed by atoms with Gasteiger partial charge in [-0.15, -0.1) is 0 Å². The first-order chi connectivity index (χ1) is 46.2. The number of allylic oxidation sites excluding steroid dienone is 5. The summed E-state index contributed by atoms with van der Waals surface area (Å²) in [4.78, 5) is 25.2. The summed E-state index contributed by atoms with van der Waals surface area (Å²) in [6.45, 7) is 4.38. The van der Waals surface area contributed by atoms with E-state index < -0.39 is 49.5 Å². The molecule has 6 N–H and O–H groups in total. The molecule has 0 radical (unpaired) electrons. The number of hydrogen-bond donors (Lipinski definition) is 6. The fraction of sp³-hybridized carbons (Fsp3) is 0.904. The van der Waals surface area contributed by atoms with E-state index in [0.29, 0.717) is 19.4 Å². The smallest absolute Gasteiger partial charge is 0.305 e. The van der Waals surface area contributed by atoms with E-state index in [1.807, 2.05) is 6.08 Å². The summed E-state index contributed by atoms with van der Waals surface area (Å²) in [5.74, 6) is -0.166. The van der Waals surface area contributed by atoms with Crippen molar-refractivity contribution in [2.75, 3.05) is 19.8 Å². The first kappa shape index (κ1) is 89.9. The van der Waals surface area contributed by atoms with Crippen molar-refractivity contribution in [3.05, 3.63) is 36.5 Å². The lowest BCUT2D eigenvalue weighted by molar-refractivity contribution is -0.302. The number of ether oxygens (including phenoxy) is 3. The molecule has 0 aliphatic carbocycles. The highest BCUT2D eigenvalue weighted by molar-refractivity contribution is 5.76. The SMILES string of the molecule is CCCCCCCC/C=C\CCCCCCCC(=O)OCCCCCCCCCCCCCCCCCCCC/C=C\CCCCCCCCCCCCCCCCCCCC(=O)NC(COC1OC(CO)C(O)C(O)C1O)C(O)/C=C/CCCCCCCCCCCC. The third kappa shape index (κ3) is 59.9. The molecule has 0 spiro atoms. The number of aliphatic hydroxyl groups is 5.